The van der Waals surface area contributed by atoms with Gasteiger partial charge in [-0.3, -0.25) is 9.80 Å². The van der Waals surface area contributed by atoms with Gasteiger partial charge in [0.15, 0.2) is 0 Å². The zero-order chi connectivity index (χ0) is 23.8. The molecule has 0 unspecified atom stereocenters. The number of hydrogen-bond donors (Lipinski definition) is 3. The third kappa shape index (κ3) is 6.48. The fourth-order valence-corrected chi connectivity index (χ4v) is 6.80. The molecule has 0 fully saturated rings. The summed E-state index contributed by atoms with van der Waals surface area (Å²) in [5.74, 6) is 0.284. The first-order valence-electron chi connectivity index (χ1n) is 11.2. The zero-order valence-electron chi connectivity index (χ0n) is 19.2. The lowest BCUT2D eigenvalue weighted by Gasteiger charge is -2.24. The van der Waals surface area contributed by atoms with Crippen molar-refractivity contribution in [1.82, 2.24) is 9.80 Å². The molecule has 0 aliphatic carbocycles. The molecule has 3 rings (SSSR count). The summed E-state index contributed by atoms with van der Waals surface area (Å²) in [6, 6.07) is 14.3. The first-order chi connectivity index (χ1) is 16.0. The number of aliphatic hydroxyl groups is 2. The topological polar surface area (TPSA) is 67.2 Å². The molecule has 1 heterocycles. The van der Waals surface area contributed by atoms with Gasteiger partial charge in [0.25, 0.3) is 0 Å². The Morgan fingerprint density at radius 2 is 1.36 bits per heavy atom. The van der Waals surface area contributed by atoms with E-state index in [-0.39, 0.29) is 19.0 Å². The molecule has 8 heteroatoms. The minimum Gasteiger partial charge on any atom is -0.507 e. The van der Waals surface area contributed by atoms with Crippen LogP contribution in [0.4, 0.5) is 0 Å². The van der Waals surface area contributed by atoms with Gasteiger partial charge in [-0.1, -0.05) is 77.1 Å². The van der Waals surface area contributed by atoms with Crippen molar-refractivity contribution in [3.63, 3.8) is 0 Å². The van der Waals surface area contributed by atoms with Crippen molar-refractivity contribution in [2.75, 3.05) is 39.4 Å². The Bertz CT molecular complexity index is 1040. The minimum absolute atomic E-state index is 0.0747. The van der Waals surface area contributed by atoms with Crippen LogP contribution in [0.3, 0.4) is 0 Å². The van der Waals surface area contributed by atoms with Gasteiger partial charge in [0, 0.05) is 42.9 Å². The maximum absolute atomic E-state index is 11.2. The van der Waals surface area contributed by atoms with Crippen molar-refractivity contribution in [3.05, 3.63) is 57.4 Å². The van der Waals surface area contributed by atoms with Gasteiger partial charge in [0.2, 0.25) is 0 Å². The number of likely N-dealkylation sites (N-methyl/N-ethyl adjacent to an activating group) is 2. The molecular weight excluding hydrogens is 472 g/mol. The summed E-state index contributed by atoms with van der Waals surface area (Å²) >= 11 is 5.70. The summed E-state index contributed by atoms with van der Waals surface area (Å²) in [6.45, 7) is 8.00. The number of nitrogens with zero attached hydrogens (tertiary/aromatic N) is 2. The van der Waals surface area contributed by atoms with Crippen LogP contribution in [-0.2, 0) is 13.1 Å². The molecule has 3 N–H and O–H groups in total. The van der Waals surface area contributed by atoms with Crippen LogP contribution in [0.25, 0.3) is 21.6 Å². The number of hydrogen-bond acceptors (Lipinski definition) is 8. The molecule has 0 bridgehead atoms. The molecule has 3 aromatic rings. The fourth-order valence-electron chi connectivity index (χ4n) is 3.90. The number of phenols is 1. The van der Waals surface area contributed by atoms with E-state index in [1.807, 2.05) is 18.2 Å². The molecule has 5 nitrogen and oxygen atoms in total. The molecule has 0 spiro atoms. The van der Waals surface area contributed by atoms with Gasteiger partial charge in [-0.15, -0.1) is 0 Å². The standard InChI is InChI=1S/C25H32N2O3S3/c1-3-26(10-12-28)16-20-14-19(15-21(23(20)30)17-27(4-2)11-13-29)24-22(25(31)33-32-24)18-8-6-5-7-9-18/h5-9,14-15,28-30H,3-4,10-13,16-17H2,1-2H3. The third-order valence-electron chi connectivity index (χ3n) is 5.74. The second-order valence-corrected chi connectivity index (χ2v) is 10.7. The lowest BCUT2D eigenvalue weighted by Crippen LogP contribution is -2.27. The quantitative estimate of drug-likeness (QED) is 0.233. The molecule has 2 aromatic carbocycles. The summed E-state index contributed by atoms with van der Waals surface area (Å²) < 4.78 is 0.864. The van der Waals surface area contributed by atoms with Crippen molar-refractivity contribution < 1.29 is 15.3 Å². The van der Waals surface area contributed by atoms with E-state index in [0.29, 0.717) is 26.2 Å². The highest BCUT2D eigenvalue weighted by molar-refractivity contribution is 7.80. The molecular formula is C25H32N2O3S3. The Morgan fingerprint density at radius 3 is 1.85 bits per heavy atom. The molecule has 1 aromatic heterocycles. The zero-order valence-corrected chi connectivity index (χ0v) is 21.6. The normalized spacial score (nSPS) is 11.6. The SMILES string of the molecule is CCN(CCO)Cc1cc(-c2ssc(=S)c2-c2ccccc2)cc(CN(CC)CCO)c1O. The summed E-state index contributed by atoms with van der Waals surface area (Å²) in [7, 11) is 3.26. The summed E-state index contributed by atoms with van der Waals surface area (Å²) in [4.78, 5) is 5.33. The second kappa shape index (κ2) is 12.7. The van der Waals surface area contributed by atoms with Crippen molar-refractivity contribution >= 4 is 32.9 Å². The molecule has 33 heavy (non-hydrogen) atoms. The highest BCUT2D eigenvalue weighted by atomic mass is 32.9. The van der Waals surface area contributed by atoms with Crippen LogP contribution in [0.2, 0.25) is 0 Å². The molecule has 0 aliphatic heterocycles. The number of phenolic OH excluding ortho intramolecular Hbond substituents is 1. The van der Waals surface area contributed by atoms with E-state index in [0.717, 1.165) is 49.6 Å². The van der Waals surface area contributed by atoms with E-state index >= 15 is 0 Å². The van der Waals surface area contributed by atoms with Gasteiger partial charge >= 0.3 is 0 Å². The second-order valence-electron chi connectivity index (χ2n) is 7.85. The van der Waals surface area contributed by atoms with Gasteiger partial charge in [0.05, 0.1) is 18.1 Å². The maximum Gasteiger partial charge on any atom is 0.124 e. The lowest BCUT2D eigenvalue weighted by atomic mass is 9.98. The van der Waals surface area contributed by atoms with E-state index in [2.05, 4.69) is 47.9 Å². The van der Waals surface area contributed by atoms with E-state index in [1.165, 1.54) is 0 Å². The van der Waals surface area contributed by atoms with Crippen LogP contribution in [0, 0.1) is 3.82 Å². The Kier molecular flexibility index (Phi) is 10.0. The van der Waals surface area contributed by atoms with E-state index in [4.69, 9.17) is 12.2 Å². The highest BCUT2D eigenvalue weighted by Crippen LogP contribution is 2.43. The summed E-state index contributed by atoms with van der Waals surface area (Å²) in [5.41, 5.74) is 4.86. The number of aliphatic hydroxyl groups excluding tert-OH is 2. The highest BCUT2D eigenvalue weighted by Gasteiger charge is 2.19. The van der Waals surface area contributed by atoms with Gasteiger partial charge in [-0.2, -0.15) is 0 Å². The van der Waals surface area contributed by atoms with Crippen LogP contribution in [0.5, 0.6) is 5.75 Å². The molecule has 0 saturated carbocycles. The number of aromatic hydroxyl groups is 1. The predicted octanol–water partition coefficient (Wildman–Crippen LogP) is 5.21. The Labute approximate surface area is 208 Å². The lowest BCUT2D eigenvalue weighted by molar-refractivity contribution is 0.192. The van der Waals surface area contributed by atoms with Crippen molar-refractivity contribution in [1.29, 1.82) is 0 Å². The van der Waals surface area contributed by atoms with Gasteiger partial charge in [-0.25, -0.2) is 0 Å². The molecule has 178 valence electrons. The predicted molar refractivity (Wildman–Crippen MR) is 142 cm³/mol. The summed E-state index contributed by atoms with van der Waals surface area (Å²) in [6.07, 6.45) is 0. The average Bonchev–Trinajstić information content (AvgIpc) is 3.22. The maximum atomic E-state index is 11.2. The van der Waals surface area contributed by atoms with Crippen molar-refractivity contribution in [2.45, 2.75) is 26.9 Å². The molecule has 0 radical (unpaired) electrons. The first-order valence-corrected chi connectivity index (χ1v) is 13.8. The monoisotopic (exact) mass is 504 g/mol. The Balaban J connectivity index is 2.13. The summed E-state index contributed by atoms with van der Waals surface area (Å²) in [5, 5.41) is 30.1. The van der Waals surface area contributed by atoms with E-state index in [1.54, 1.807) is 20.7 Å². The molecule has 0 saturated heterocycles. The molecule has 0 amide bonds. The third-order valence-corrected chi connectivity index (χ3v) is 8.81. The van der Waals surface area contributed by atoms with Crippen molar-refractivity contribution in [3.8, 4) is 27.3 Å². The smallest absolute Gasteiger partial charge is 0.124 e. The van der Waals surface area contributed by atoms with Crippen molar-refractivity contribution in [2.24, 2.45) is 0 Å². The molecule has 0 aliphatic rings. The van der Waals surface area contributed by atoms with Crippen LogP contribution in [0.15, 0.2) is 42.5 Å². The number of rotatable bonds is 12. The fraction of sp³-hybridized carbons (Fsp3) is 0.400. The van der Waals surface area contributed by atoms with Crippen LogP contribution in [0.1, 0.15) is 25.0 Å². The van der Waals surface area contributed by atoms with E-state index < -0.39 is 0 Å². The Hall–Kier alpha value is -1.65. The van der Waals surface area contributed by atoms with Gasteiger partial charge in [-0.05, 0) is 36.3 Å². The van der Waals surface area contributed by atoms with E-state index in [9.17, 15) is 15.3 Å². The Morgan fingerprint density at radius 1 is 0.818 bits per heavy atom. The first kappa shape index (κ1) is 26.0. The van der Waals surface area contributed by atoms with Gasteiger partial charge in [0.1, 0.15) is 9.57 Å². The molecule has 0 atom stereocenters. The number of benzene rings is 2. The largest absolute Gasteiger partial charge is 0.507 e. The van der Waals surface area contributed by atoms with Crippen LogP contribution >= 0.6 is 32.9 Å². The minimum atomic E-state index is 0.0747. The average molecular weight is 505 g/mol. The van der Waals surface area contributed by atoms with Crippen LogP contribution < -0.4 is 0 Å². The van der Waals surface area contributed by atoms with Gasteiger partial charge < -0.3 is 15.3 Å². The van der Waals surface area contributed by atoms with Crippen LogP contribution in [-0.4, -0.2) is 64.5 Å².